The van der Waals surface area contributed by atoms with Crippen LogP contribution in [0.4, 0.5) is 0 Å². The van der Waals surface area contributed by atoms with Crippen molar-refractivity contribution in [2.75, 3.05) is 7.05 Å². The van der Waals surface area contributed by atoms with Gasteiger partial charge in [-0.15, -0.1) is 0 Å². The zero-order valence-electron chi connectivity index (χ0n) is 11.1. The zero-order valence-corrected chi connectivity index (χ0v) is 11.8. The lowest BCUT2D eigenvalue weighted by Gasteiger charge is -2.09. The van der Waals surface area contributed by atoms with Crippen LogP contribution in [0.3, 0.4) is 0 Å². The van der Waals surface area contributed by atoms with Crippen LogP contribution in [0.1, 0.15) is 35.6 Å². The number of hydrogen-bond acceptors (Lipinski definition) is 2. The number of hydrogen-bond donors (Lipinski definition) is 1. The molecule has 2 aromatic rings. The van der Waals surface area contributed by atoms with E-state index in [2.05, 4.69) is 21.2 Å². The standard InChI is InChI=1S/C15H18ClN3/c1-17-8-13-9-18-19(15(13)12-5-6-12)10-11-3-2-4-14(16)7-11/h2-4,7,9,12,17H,5-6,8,10H2,1H3. The van der Waals surface area contributed by atoms with Gasteiger partial charge in [0, 0.05) is 28.7 Å². The maximum Gasteiger partial charge on any atom is 0.0663 e. The molecule has 0 spiro atoms. The topological polar surface area (TPSA) is 29.9 Å². The number of benzene rings is 1. The fraction of sp³-hybridized carbons (Fsp3) is 0.400. The van der Waals surface area contributed by atoms with E-state index in [1.165, 1.54) is 29.7 Å². The number of nitrogens with one attached hydrogen (secondary N) is 1. The number of rotatable bonds is 5. The summed E-state index contributed by atoms with van der Waals surface area (Å²) in [6.07, 6.45) is 4.57. The smallest absolute Gasteiger partial charge is 0.0663 e. The lowest BCUT2D eigenvalue weighted by molar-refractivity contribution is 0.642. The van der Waals surface area contributed by atoms with Crippen LogP contribution in [0, 0.1) is 0 Å². The minimum Gasteiger partial charge on any atom is -0.316 e. The fourth-order valence-corrected chi connectivity index (χ4v) is 2.74. The van der Waals surface area contributed by atoms with Gasteiger partial charge < -0.3 is 5.32 Å². The predicted molar refractivity (Wildman–Crippen MR) is 77.5 cm³/mol. The van der Waals surface area contributed by atoms with Gasteiger partial charge in [-0.2, -0.15) is 5.10 Å². The van der Waals surface area contributed by atoms with E-state index in [4.69, 9.17) is 11.6 Å². The van der Waals surface area contributed by atoms with Gasteiger partial charge in [-0.3, -0.25) is 4.68 Å². The van der Waals surface area contributed by atoms with E-state index in [-0.39, 0.29) is 0 Å². The minimum atomic E-state index is 0.699. The molecule has 1 aromatic heterocycles. The second-order valence-electron chi connectivity index (χ2n) is 5.15. The summed E-state index contributed by atoms with van der Waals surface area (Å²) in [4.78, 5) is 0. The molecule has 0 saturated heterocycles. The number of nitrogens with zero attached hydrogens (tertiary/aromatic N) is 2. The molecule has 0 radical (unpaired) electrons. The van der Waals surface area contributed by atoms with Gasteiger partial charge in [0.15, 0.2) is 0 Å². The Labute approximate surface area is 118 Å². The average Bonchev–Trinajstić information content (AvgIpc) is 3.14. The Morgan fingerprint density at radius 1 is 1.42 bits per heavy atom. The molecule has 3 rings (SSSR count). The van der Waals surface area contributed by atoms with E-state index in [1.54, 1.807) is 0 Å². The highest BCUT2D eigenvalue weighted by Gasteiger charge is 2.29. The van der Waals surface area contributed by atoms with E-state index in [0.29, 0.717) is 5.92 Å². The molecule has 0 aliphatic heterocycles. The zero-order chi connectivity index (χ0) is 13.2. The largest absolute Gasteiger partial charge is 0.316 e. The van der Waals surface area contributed by atoms with Crippen molar-refractivity contribution in [2.45, 2.75) is 31.8 Å². The third kappa shape index (κ3) is 2.82. The second kappa shape index (κ2) is 5.35. The third-order valence-corrected chi connectivity index (χ3v) is 3.75. The van der Waals surface area contributed by atoms with Crippen molar-refractivity contribution < 1.29 is 0 Å². The Bertz CT molecular complexity index is 573. The molecular formula is C15H18ClN3. The summed E-state index contributed by atoms with van der Waals surface area (Å²) in [5.41, 5.74) is 3.93. The van der Waals surface area contributed by atoms with Gasteiger partial charge in [-0.05, 0) is 37.6 Å². The first kappa shape index (κ1) is 12.7. The molecule has 100 valence electrons. The summed E-state index contributed by atoms with van der Waals surface area (Å²) in [7, 11) is 1.98. The Hall–Kier alpha value is -1.32. The molecule has 0 amide bonds. The van der Waals surface area contributed by atoms with Crippen molar-refractivity contribution in [3.05, 3.63) is 52.3 Å². The molecule has 19 heavy (non-hydrogen) atoms. The summed E-state index contributed by atoms with van der Waals surface area (Å²) < 4.78 is 2.13. The van der Waals surface area contributed by atoms with Crippen molar-refractivity contribution in [3.63, 3.8) is 0 Å². The van der Waals surface area contributed by atoms with E-state index in [1.807, 2.05) is 31.4 Å². The van der Waals surface area contributed by atoms with Crippen LogP contribution in [0.25, 0.3) is 0 Å². The van der Waals surface area contributed by atoms with Crippen molar-refractivity contribution in [3.8, 4) is 0 Å². The van der Waals surface area contributed by atoms with Crippen LogP contribution >= 0.6 is 11.6 Å². The molecule has 0 unspecified atom stereocenters. The van der Waals surface area contributed by atoms with Gasteiger partial charge >= 0.3 is 0 Å². The van der Waals surface area contributed by atoms with E-state index >= 15 is 0 Å². The first-order valence-electron chi connectivity index (χ1n) is 6.71. The van der Waals surface area contributed by atoms with Gasteiger partial charge in [-0.1, -0.05) is 23.7 Å². The normalized spacial score (nSPS) is 14.8. The molecule has 1 aromatic carbocycles. The first-order chi connectivity index (χ1) is 9.28. The first-order valence-corrected chi connectivity index (χ1v) is 7.09. The van der Waals surface area contributed by atoms with Crippen LogP contribution in [0.2, 0.25) is 5.02 Å². The third-order valence-electron chi connectivity index (χ3n) is 3.51. The van der Waals surface area contributed by atoms with Crippen molar-refractivity contribution in [1.82, 2.24) is 15.1 Å². The van der Waals surface area contributed by atoms with Crippen LogP contribution in [0.5, 0.6) is 0 Å². The lowest BCUT2D eigenvalue weighted by atomic mass is 10.1. The molecule has 1 N–H and O–H groups in total. The molecule has 0 atom stereocenters. The summed E-state index contributed by atoms with van der Waals surface area (Å²) in [5.74, 6) is 0.699. The maximum atomic E-state index is 6.04. The van der Waals surface area contributed by atoms with E-state index < -0.39 is 0 Å². The van der Waals surface area contributed by atoms with Gasteiger partial charge in [0.1, 0.15) is 0 Å². The quantitative estimate of drug-likeness (QED) is 0.908. The monoisotopic (exact) mass is 275 g/mol. The number of aromatic nitrogens is 2. The highest BCUT2D eigenvalue weighted by atomic mass is 35.5. The van der Waals surface area contributed by atoms with Crippen LogP contribution in [0.15, 0.2) is 30.5 Å². The summed E-state index contributed by atoms with van der Waals surface area (Å²) in [6.45, 7) is 1.69. The summed E-state index contributed by atoms with van der Waals surface area (Å²) in [5, 5.41) is 8.56. The van der Waals surface area contributed by atoms with Crippen LogP contribution < -0.4 is 5.32 Å². The number of halogens is 1. The highest BCUT2D eigenvalue weighted by molar-refractivity contribution is 6.30. The molecular weight excluding hydrogens is 258 g/mol. The molecule has 0 bridgehead atoms. The highest BCUT2D eigenvalue weighted by Crippen LogP contribution is 2.41. The molecule has 1 saturated carbocycles. The Morgan fingerprint density at radius 3 is 2.95 bits per heavy atom. The van der Waals surface area contributed by atoms with Gasteiger partial charge in [0.2, 0.25) is 0 Å². The van der Waals surface area contributed by atoms with Crippen LogP contribution in [-0.2, 0) is 13.1 Å². The van der Waals surface area contributed by atoms with Gasteiger partial charge in [0.25, 0.3) is 0 Å². The summed E-state index contributed by atoms with van der Waals surface area (Å²) in [6, 6.07) is 8.01. The van der Waals surface area contributed by atoms with E-state index in [0.717, 1.165) is 18.1 Å². The molecule has 1 fully saturated rings. The van der Waals surface area contributed by atoms with Crippen molar-refractivity contribution in [1.29, 1.82) is 0 Å². The van der Waals surface area contributed by atoms with E-state index in [9.17, 15) is 0 Å². The molecule has 1 heterocycles. The molecule has 1 aliphatic rings. The van der Waals surface area contributed by atoms with Crippen molar-refractivity contribution in [2.24, 2.45) is 0 Å². The summed E-state index contributed by atoms with van der Waals surface area (Å²) >= 11 is 6.04. The fourth-order valence-electron chi connectivity index (χ4n) is 2.52. The Balaban J connectivity index is 1.88. The van der Waals surface area contributed by atoms with Gasteiger partial charge in [0.05, 0.1) is 12.7 Å². The Kier molecular flexibility index (Phi) is 3.58. The second-order valence-corrected chi connectivity index (χ2v) is 5.58. The molecule has 4 heteroatoms. The SMILES string of the molecule is CNCc1cnn(Cc2cccc(Cl)c2)c1C1CC1. The maximum absolute atomic E-state index is 6.04. The molecule has 1 aliphatic carbocycles. The lowest BCUT2D eigenvalue weighted by Crippen LogP contribution is -2.10. The van der Waals surface area contributed by atoms with Crippen molar-refractivity contribution >= 4 is 11.6 Å². The van der Waals surface area contributed by atoms with Gasteiger partial charge in [-0.25, -0.2) is 0 Å². The Morgan fingerprint density at radius 2 is 2.26 bits per heavy atom. The van der Waals surface area contributed by atoms with Crippen LogP contribution in [-0.4, -0.2) is 16.8 Å². The predicted octanol–water partition coefficient (Wildman–Crippen LogP) is 3.18. The average molecular weight is 276 g/mol. The minimum absolute atomic E-state index is 0.699. The molecule has 3 nitrogen and oxygen atoms in total.